The second-order valence-electron chi connectivity index (χ2n) is 3.73. The molecule has 1 aromatic rings. The molecule has 0 atom stereocenters. The maximum absolute atomic E-state index is 10.9. The van der Waals surface area contributed by atoms with Crippen molar-refractivity contribution >= 4 is 17.6 Å². The van der Waals surface area contributed by atoms with E-state index in [1.165, 1.54) is 6.42 Å². The SMILES string of the molecule is Cc1nnc(CC2(C=O)CCC2)s1. The zero-order valence-electron chi connectivity index (χ0n) is 7.62. The molecule has 4 heteroatoms. The highest BCUT2D eigenvalue weighted by molar-refractivity contribution is 7.11. The lowest BCUT2D eigenvalue weighted by molar-refractivity contribution is -0.120. The number of nitrogens with zero attached hydrogens (tertiary/aromatic N) is 2. The van der Waals surface area contributed by atoms with Gasteiger partial charge < -0.3 is 4.79 Å². The third kappa shape index (κ3) is 1.63. The molecular formula is C9H12N2OS. The van der Waals surface area contributed by atoms with Gasteiger partial charge in [-0.15, -0.1) is 21.5 Å². The van der Waals surface area contributed by atoms with Crippen molar-refractivity contribution in [1.29, 1.82) is 0 Å². The minimum atomic E-state index is -0.0913. The molecule has 1 saturated carbocycles. The maximum atomic E-state index is 10.9. The number of aldehydes is 1. The highest BCUT2D eigenvalue weighted by Crippen LogP contribution is 2.42. The molecule has 0 aliphatic heterocycles. The van der Waals surface area contributed by atoms with E-state index >= 15 is 0 Å². The Bertz CT molecular complexity index is 317. The van der Waals surface area contributed by atoms with Crippen molar-refractivity contribution in [3.05, 3.63) is 10.0 Å². The third-order valence-corrected chi connectivity index (χ3v) is 3.51. The predicted octanol–water partition coefficient (Wildman–Crippen LogP) is 1.76. The van der Waals surface area contributed by atoms with E-state index in [1.807, 2.05) is 6.92 Å². The average Bonchev–Trinajstić information content (AvgIpc) is 2.44. The normalized spacial score (nSPS) is 19.5. The molecule has 0 unspecified atom stereocenters. The van der Waals surface area contributed by atoms with Crippen LogP contribution in [0.5, 0.6) is 0 Å². The summed E-state index contributed by atoms with van der Waals surface area (Å²) >= 11 is 1.60. The topological polar surface area (TPSA) is 42.9 Å². The van der Waals surface area contributed by atoms with Gasteiger partial charge in [-0.3, -0.25) is 0 Å². The van der Waals surface area contributed by atoms with Gasteiger partial charge in [0.05, 0.1) is 0 Å². The van der Waals surface area contributed by atoms with Crippen LogP contribution in [-0.2, 0) is 11.2 Å². The number of hydrogen-bond donors (Lipinski definition) is 0. The fourth-order valence-electron chi connectivity index (χ4n) is 1.68. The summed E-state index contributed by atoms with van der Waals surface area (Å²) < 4.78 is 0. The smallest absolute Gasteiger partial charge is 0.126 e. The van der Waals surface area contributed by atoms with Crippen molar-refractivity contribution in [1.82, 2.24) is 10.2 Å². The Balaban J connectivity index is 2.08. The van der Waals surface area contributed by atoms with Gasteiger partial charge in [-0.05, 0) is 19.8 Å². The van der Waals surface area contributed by atoms with E-state index in [0.717, 1.165) is 35.6 Å². The molecule has 1 aromatic heterocycles. The van der Waals surface area contributed by atoms with Crippen LogP contribution in [0.25, 0.3) is 0 Å². The minimum Gasteiger partial charge on any atom is -0.303 e. The fraction of sp³-hybridized carbons (Fsp3) is 0.667. The lowest BCUT2D eigenvalue weighted by atomic mass is 9.68. The highest BCUT2D eigenvalue weighted by atomic mass is 32.1. The molecule has 0 bridgehead atoms. The molecular weight excluding hydrogens is 184 g/mol. The largest absolute Gasteiger partial charge is 0.303 e. The third-order valence-electron chi connectivity index (χ3n) is 2.67. The van der Waals surface area contributed by atoms with E-state index in [-0.39, 0.29) is 5.41 Å². The summed E-state index contributed by atoms with van der Waals surface area (Å²) in [4.78, 5) is 10.9. The van der Waals surface area contributed by atoms with Crippen LogP contribution < -0.4 is 0 Å². The molecule has 13 heavy (non-hydrogen) atoms. The molecule has 3 nitrogen and oxygen atoms in total. The van der Waals surface area contributed by atoms with Crippen LogP contribution >= 0.6 is 11.3 Å². The minimum absolute atomic E-state index is 0.0913. The number of rotatable bonds is 3. The van der Waals surface area contributed by atoms with Gasteiger partial charge in [0.15, 0.2) is 0 Å². The van der Waals surface area contributed by atoms with Gasteiger partial charge in [-0.25, -0.2) is 0 Å². The quantitative estimate of drug-likeness (QED) is 0.692. The Labute approximate surface area is 81.2 Å². The monoisotopic (exact) mass is 196 g/mol. The molecule has 0 aromatic carbocycles. The van der Waals surface area contributed by atoms with Crippen LogP contribution in [0.2, 0.25) is 0 Å². The van der Waals surface area contributed by atoms with Crippen LogP contribution in [0.1, 0.15) is 29.3 Å². The van der Waals surface area contributed by atoms with Crippen molar-refractivity contribution in [2.75, 3.05) is 0 Å². The molecule has 1 aliphatic rings. The standard InChI is InChI=1S/C9H12N2OS/c1-7-10-11-8(13-7)5-9(6-12)3-2-4-9/h6H,2-5H2,1H3. The van der Waals surface area contributed by atoms with Gasteiger partial charge >= 0.3 is 0 Å². The van der Waals surface area contributed by atoms with Crippen LogP contribution in [-0.4, -0.2) is 16.5 Å². The Morgan fingerprint density at radius 1 is 1.54 bits per heavy atom. The van der Waals surface area contributed by atoms with Gasteiger partial charge in [-0.1, -0.05) is 6.42 Å². The Morgan fingerprint density at radius 2 is 2.31 bits per heavy atom. The predicted molar refractivity (Wildman–Crippen MR) is 50.7 cm³/mol. The molecule has 1 heterocycles. The van der Waals surface area contributed by atoms with E-state index in [4.69, 9.17) is 0 Å². The van der Waals surface area contributed by atoms with Gasteiger partial charge in [0.2, 0.25) is 0 Å². The molecule has 2 rings (SSSR count). The summed E-state index contributed by atoms with van der Waals surface area (Å²) in [5, 5.41) is 9.97. The molecule has 70 valence electrons. The summed E-state index contributed by atoms with van der Waals surface area (Å²) in [5.41, 5.74) is -0.0913. The number of aromatic nitrogens is 2. The van der Waals surface area contributed by atoms with E-state index in [9.17, 15) is 4.79 Å². The first-order valence-corrected chi connectivity index (χ1v) is 5.31. The summed E-state index contributed by atoms with van der Waals surface area (Å²) in [7, 11) is 0. The second-order valence-corrected chi connectivity index (χ2v) is 4.99. The zero-order valence-corrected chi connectivity index (χ0v) is 8.43. The molecule has 0 N–H and O–H groups in total. The van der Waals surface area contributed by atoms with Crippen LogP contribution in [0, 0.1) is 12.3 Å². The fourth-order valence-corrected chi connectivity index (χ4v) is 2.54. The first-order chi connectivity index (χ1) is 6.24. The zero-order chi connectivity index (χ0) is 9.31. The molecule has 0 amide bonds. The molecule has 1 fully saturated rings. The van der Waals surface area contributed by atoms with Crippen molar-refractivity contribution in [3.8, 4) is 0 Å². The Kier molecular flexibility index (Phi) is 2.15. The Morgan fingerprint density at radius 3 is 2.69 bits per heavy atom. The van der Waals surface area contributed by atoms with E-state index in [1.54, 1.807) is 11.3 Å². The van der Waals surface area contributed by atoms with Crippen LogP contribution in [0.15, 0.2) is 0 Å². The van der Waals surface area contributed by atoms with E-state index < -0.39 is 0 Å². The second kappa shape index (κ2) is 3.18. The maximum Gasteiger partial charge on any atom is 0.126 e. The number of hydrogen-bond acceptors (Lipinski definition) is 4. The van der Waals surface area contributed by atoms with Gasteiger partial charge in [0.1, 0.15) is 16.3 Å². The molecule has 1 aliphatic carbocycles. The lowest BCUT2D eigenvalue weighted by Crippen LogP contribution is -2.33. The average molecular weight is 196 g/mol. The van der Waals surface area contributed by atoms with Gasteiger partial charge in [-0.2, -0.15) is 0 Å². The summed E-state index contributed by atoms with van der Waals surface area (Å²) in [6, 6.07) is 0. The Hall–Kier alpha value is -0.770. The lowest BCUT2D eigenvalue weighted by Gasteiger charge is -2.35. The number of carbonyl (C=O) groups excluding carboxylic acids is 1. The van der Waals surface area contributed by atoms with Crippen molar-refractivity contribution < 1.29 is 4.79 Å². The molecule has 0 radical (unpaired) electrons. The first-order valence-electron chi connectivity index (χ1n) is 4.49. The van der Waals surface area contributed by atoms with Crippen LogP contribution in [0.4, 0.5) is 0 Å². The summed E-state index contributed by atoms with van der Waals surface area (Å²) in [6.45, 7) is 1.94. The van der Waals surface area contributed by atoms with Gasteiger partial charge in [0.25, 0.3) is 0 Å². The number of carbonyl (C=O) groups is 1. The molecule has 0 spiro atoms. The van der Waals surface area contributed by atoms with Gasteiger partial charge in [0, 0.05) is 11.8 Å². The summed E-state index contributed by atoms with van der Waals surface area (Å²) in [6.07, 6.45) is 5.12. The van der Waals surface area contributed by atoms with Crippen molar-refractivity contribution in [2.24, 2.45) is 5.41 Å². The van der Waals surface area contributed by atoms with Crippen molar-refractivity contribution in [2.45, 2.75) is 32.6 Å². The highest BCUT2D eigenvalue weighted by Gasteiger charge is 2.37. The summed E-state index contributed by atoms with van der Waals surface area (Å²) in [5.74, 6) is 0. The molecule has 0 saturated heterocycles. The first kappa shape index (κ1) is 8.81. The van der Waals surface area contributed by atoms with Crippen LogP contribution in [0.3, 0.4) is 0 Å². The van der Waals surface area contributed by atoms with E-state index in [0.29, 0.717) is 0 Å². The van der Waals surface area contributed by atoms with Crippen molar-refractivity contribution in [3.63, 3.8) is 0 Å². The number of aryl methyl sites for hydroxylation is 1. The van der Waals surface area contributed by atoms with E-state index in [2.05, 4.69) is 10.2 Å².